The van der Waals surface area contributed by atoms with Gasteiger partial charge < -0.3 is 31.3 Å². The highest BCUT2D eigenvalue weighted by Gasteiger charge is 2.32. The lowest BCUT2D eigenvalue weighted by Crippen LogP contribution is -2.40. The van der Waals surface area contributed by atoms with Crippen LogP contribution < -0.4 is 21.8 Å². The number of halogens is 6. The molecule has 1 aliphatic heterocycles. The molecule has 1 aliphatic rings. The summed E-state index contributed by atoms with van der Waals surface area (Å²) in [5.41, 5.74) is 8.63. The van der Waals surface area contributed by atoms with Crippen LogP contribution in [0.4, 0.5) is 32.2 Å². The molecule has 6 N–H and O–H groups in total. The second-order valence-corrected chi connectivity index (χ2v) is 14.4. The van der Waals surface area contributed by atoms with Crippen LogP contribution in [0.15, 0.2) is 116 Å². The molecule has 13 nitrogen and oxygen atoms in total. The number of hydrogen-bond donors (Lipinski definition) is 5. The van der Waals surface area contributed by atoms with Gasteiger partial charge in [0.05, 0.1) is 22.6 Å². The van der Waals surface area contributed by atoms with Gasteiger partial charge in [0.15, 0.2) is 5.65 Å². The van der Waals surface area contributed by atoms with Crippen LogP contribution in [0.5, 0.6) is 0 Å². The Morgan fingerprint density at radius 1 is 0.778 bits per heavy atom. The first kappa shape index (κ1) is 45.5. The largest absolute Gasteiger partial charge is 0.488 e. The molecule has 7 rings (SSSR count). The van der Waals surface area contributed by atoms with Crippen molar-refractivity contribution < 1.29 is 50.8 Å². The Bertz CT molecular complexity index is 2570. The summed E-state index contributed by atoms with van der Waals surface area (Å²) in [5.74, 6) is -0.820. The zero-order valence-electron chi connectivity index (χ0n) is 33.2. The zero-order valence-corrected chi connectivity index (χ0v) is 33.2. The average Bonchev–Trinajstić information content (AvgIpc) is 3.68. The first-order valence-electron chi connectivity index (χ1n) is 19.3. The Balaban J connectivity index is 0.000000244. The van der Waals surface area contributed by atoms with E-state index in [1.165, 1.54) is 24.5 Å². The minimum Gasteiger partial charge on any atom is -0.423 e. The fourth-order valence-corrected chi connectivity index (χ4v) is 6.71. The number of nitrogens with one attached hydrogen (secondary N) is 2. The molecule has 0 saturated carbocycles. The molecule has 3 heterocycles. The van der Waals surface area contributed by atoms with Gasteiger partial charge >= 0.3 is 19.5 Å². The van der Waals surface area contributed by atoms with E-state index in [-0.39, 0.29) is 42.0 Å². The van der Waals surface area contributed by atoms with Gasteiger partial charge in [-0.2, -0.15) is 31.4 Å². The van der Waals surface area contributed by atoms with Crippen LogP contribution in [0.1, 0.15) is 61.9 Å². The van der Waals surface area contributed by atoms with Crippen LogP contribution >= 0.6 is 0 Å². The van der Waals surface area contributed by atoms with Gasteiger partial charge in [-0.1, -0.05) is 55.1 Å². The summed E-state index contributed by atoms with van der Waals surface area (Å²) in [5, 5.41) is 28.7. The molecule has 1 atom stereocenters. The van der Waals surface area contributed by atoms with Crippen molar-refractivity contribution in [2.75, 3.05) is 18.8 Å². The Kier molecular flexibility index (Phi) is 14.0. The number of anilines is 1. The molecule has 1 saturated heterocycles. The van der Waals surface area contributed by atoms with Crippen molar-refractivity contribution in [2.45, 2.75) is 44.3 Å². The van der Waals surface area contributed by atoms with Gasteiger partial charge in [-0.3, -0.25) is 14.4 Å². The molecular formula is C43H39BF6N8O5. The van der Waals surface area contributed by atoms with Gasteiger partial charge in [-0.05, 0) is 84.0 Å². The van der Waals surface area contributed by atoms with Gasteiger partial charge in [-0.25, -0.2) is 14.6 Å². The summed E-state index contributed by atoms with van der Waals surface area (Å²) >= 11 is 0. The van der Waals surface area contributed by atoms with E-state index in [0.717, 1.165) is 78.1 Å². The second-order valence-electron chi connectivity index (χ2n) is 14.4. The van der Waals surface area contributed by atoms with E-state index < -0.39 is 42.4 Å². The Hall–Kier alpha value is -7.06. The lowest BCUT2D eigenvalue weighted by Gasteiger charge is -2.32. The molecule has 4 aromatic carbocycles. The molecule has 326 valence electrons. The topological polar surface area (TPSA) is 189 Å². The molecule has 0 unspecified atom stereocenters. The van der Waals surface area contributed by atoms with Crippen molar-refractivity contribution >= 4 is 47.2 Å². The van der Waals surface area contributed by atoms with Crippen molar-refractivity contribution in [3.8, 4) is 11.3 Å². The number of piperidine rings is 1. The van der Waals surface area contributed by atoms with E-state index in [1.807, 2.05) is 28.9 Å². The molecule has 1 fully saturated rings. The van der Waals surface area contributed by atoms with Crippen LogP contribution in [-0.4, -0.2) is 72.6 Å². The molecule has 0 radical (unpaired) electrons. The predicted octanol–water partition coefficient (Wildman–Crippen LogP) is 5.69. The molecule has 0 bridgehead atoms. The molecular weight excluding hydrogens is 833 g/mol. The molecule has 2 aromatic heterocycles. The maximum atomic E-state index is 12.8. The number of amides is 3. The average molecular weight is 873 g/mol. The number of likely N-dealkylation sites (tertiary alicyclic amines) is 1. The number of aromatic nitrogens is 4. The standard InChI is InChI=1S/C28H26F3N7O2.C15H13BF3NO3/c1-2-22(39)37-13-3-4-21(15-37)38-26-23(25(32)34-16-35-26)24(36-38)18-7-5-17(6-8-18)14-33-27(40)19-9-11-20(12-10-19)28(29,30)31;17-15(18,19)12-5-3-11(4-6-12)14(21)20-9-10-1-7-13(8-2-10)16(22)23/h2,5-12,16,21H,1,3-4,13-15H2,(H,33,40)(H2,32,34,35);1-8,22-23H,9H2,(H,20,21)/t21-;/m1./s1. The molecule has 0 aliphatic carbocycles. The van der Waals surface area contributed by atoms with Crippen molar-refractivity contribution in [2.24, 2.45) is 0 Å². The number of nitrogen functional groups attached to an aromatic ring is 1. The normalized spacial score (nSPS) is 14.0. The van der Waals surface area contributed by atoms with Crippen molar-refractivity contribution in [3.05, 3.63) is 149 Å². The number of carbonyl (C=O) groups excluding carboxylic acids is 3. The van der Waals surface area contributed by atoms with E-state index in [4.69, 9.17) is 20.9 Å². The summed E-state index contributed by atoms with van der Waals surface area (Å²) in [6.45, 7) is 5.06. The summed E-state index contributed by atoms with van der Waals surface area (Å²) in [4.78, 5) is 46.9. The highest BCUT2D eigenvalue weighted by molar-refractivity contribution is 6.58. The van der Waals surface area contributed by atoms with Crippen LogP contribution in [0.2, 0.25) is 0 Å². The van der Waals surface area contributed by atoms with Crippen LogP contribution in [0.25, 0.3) is 22.3 Å². The number of nitrogens with zero attached hydrogens (tertiary/aromatic N) is 5. The summed E-state index contributed by atoms with van der Waals surface area (Å²) < 4.78 is 77.4. The van der Waals surface area contributed by atoms with Crippen molar-refractivity contribution in [1.29, 1.82) is 0 Å². The van der Waals surface area contributed by atoms with E-state index in [1.54, 1.807) is 17.0 Å². The minimum atomic E-state index is -4.46. The third kappa shape index (κ3) is 11.3. The maximum Gasteiger partial charge on any atom is 0.488 e. The Morgan fingerprint density at radius 2 is 1.29 bits per heavy atom. The van der Waals surface area contributed by atoms with Crippen LogP contribution in [-0.2, 0) is 30.2 Å². The maximum absolute atomic E-state index is 12.8. The van der Waals surface area contributed by atoms with Crippen molar-refractivity contribution in [3.63, 3.8) is 0 Å². The smallest absolute Gasteiger partial charge is 0.423 e. The SMILES string of the molecule is C=CC(=O)N1CCC[C@@H](n2nc(-c3ccc(CNC(=O)c4ccc(C(F)(F)F)cc4)cc3)c3c(N)ncnc32)C1.O=C(NCc1ccc(B(O)O)cc1)c1ccc(C(F)(F)F)cc1. The van der Waals surface area contributed by atoms with E-state index in [2.05, 4.69) is 27.2 Å². The lowest BCUT2D eigenvalue weighted by atomic mass is 9.80. The zero-order chi connectivity index (χ0) is 45.5. The van der Waals surface area contributed by atoms with E-state index >= 15 is 0 Å². The molecule has 20 heteroatoms. The molecule has 63 heavy (non-hydrogen) atoms. The molecule has 6 aromatic rings. The fourth-order valence-electron chi connectivity index (χ4n) is 6.71. The summed E-state index contributed by atoms with van der Waals surface area (Å²) in [6, 6.07) is 21.4. The first-order chi connectivity index (χ1) is 29.9. The summed E-state index contributed by atoms with van der Waals surface area (Å²) in [7, 11) is -1.56. The van der Waals surface area contributed by atoms with Crippen molar-refractivity contribution in [1.82, 2.24) is 35.3 Å². The predicted molar refractivity (Wildman–Crippen MR) is 222 cm³/mol. The third-order valence-electron chi connectivity index (χ3n) is 10.1. The number of benzene rings is 4. The second kappa shape index (κ2) is 19.3. The fraction of sp³-hybridized carbons (Fsp3) is 0.209. The first-order valence-corrected chi connectivity index (χ1v) is 19.3. The van der Waals surface area contributed by atoms with E-state index in [9.17, 15) is 40.7 Å². The van der Waals surface area contributed by atoms with Gasteiger partial charge in [0.25, 0.3) is 11.8 Å². The number of hydrogen-bond acceptors (Lipinski definition) is 9. The minimum absolute atomic E-state index is 0.0946. The Morgan fingerprint density at radius 3 is 1.76 bits per heavy atom. The van der Waals surface area contributed by atoms with Gasteiger partial charge in [0.2, 0.25) is 5.91 Å². The van der Waals surface area contributed by atoms with Gasteiger partial charge in [0, 0.05) is 42.9 Å². The highest BCUT2D eigenvalue weighted by Crippen LogP contribution is 2.34. The number of alkyl halides is 6. The quantitative estimate of drug-likeness (QED) is 0.0655. The number of rotatable bonds is 10. The van der Waals surface area contributed by atoms with Crippen LogP contribution in [0.3, 0.4) is 0 Å². The summed E-state index contributed by atoms with van der Waals surface area (Å²) in [6.07, 6.45) is -4.57. The number of fused-ring (bicyclic) bond motifs is 1. The van der Waals surface area contributed by atoms with Gasteiger partial charge in [-0.15, -0.1) is 0 Å². The third-order valence-corrected chi connectivity index (χ3v) is 10.1. The highest BCUT2D eigenvalue weighted by atomic mass is 19.4. The van der Waals surface area contributed by atoms with E-state index in [0.29, 0.717) is 35.3 Å². The van der Waals surface area contributed by atoms with Gasteiger partial charge in [0.1, 0.15) is 17.8 Å². The monoisotopic (exact) mass is 872 g/mol. The number of nitrogens with two attached hydrogens (primary N) is 1. The van der Waals surface area contributed by atoms with Crippen LogP contribution in [0, 0.1) is 0 Å². The molecule has 3 amide bonds. The Labute approximate surface area is 356 Å². The number of carbonyl (C=O) groups is 3. The molecule has 0 spiro atoms. The lowest BCUT2D eigenvalue weighted by molar-refractivity contribution is -0.138.